The number of benzene rings is 2. The van der Waals surface area contributed by atoms with E-state index in [9.17, 15) is 5.11 Å². The van der Waals surface area contributed by atoms with Gasteiger partial charge in [0, 0.05) is 23.3 Å². The van der Waals surface area contributed by atoms with E-state index in [-0.39, 0.29) is 12.6 Å². The molecule has 0 saturated heterocycles. The Hall–Kier alpha value is -3.38. The van der Waals surface area contributed by atoms with E-state index in [0.29, 0.717) is 5.82 Å². The Labute approximate surface area is 150 Å². The van der Waals surface area contributed by atoms with Crippen molar-refractivity contribution in [2.75, 3.05) is 17.7 Å². The lowest BCUT2D eigenvalue weighted by molar-refractivity contribution is 0.276. The summed E-state index contributed by atoms with van der Waals surface area (Å²) in [4.78, 5) is 4.33. The van der Waals surface area contributed by atoms with Crippen molar-refractivity contribution in [2.45, 2.75) is 6.04 Å². The fourth-order valence-electron chi connectivity index (χ4n) is 3.01. The molecule has 2 aromatic carbocycles. The second-order valence-electron chi connectivity index (χ2n) is 6.12. The summed E-state index contributed by atoms with van der Waals surface area (Å²) in [5.41, 5.74) is 10.6. The predicted octanol–water partition coefficient (Wildman–Crippen LogP) is 3.35. The molecule has 2 aromatic heterocycles. The predicted molar refractivity (Wildman–Crippen MR) is 104 cm³/mol. The van der Waals surface area contributed by atoms with Crippen LogP contribution in [0.4, 0.5) is 11.5 Å². The van der Waals surface area contributed by atoms with E-state index in [4.69, 9.17) is 5.73 Å². The molecule has 1 atom stereocenters. The van der Waals surface area contributed by atoms with Crippen molar-refractivity contribution < 1.29 is 5.11 Å². The molecule has 0 radical (unpaired) electrons. The van der Waals surface area contributed by atoms with Gasteiger partial charge in [-0.15, -0.1) is 0 Å². The monoisotopic (exact) mass is 345 g/mol. The van der Waals surface area contributed by atoms with Gasteiger partial charge < -0.3 is 16.2 Å². The maximum absolute atomic E-state index is 9.75. The number of anilines is 2. The summed E-state index contributed by atoms with van der Waals surface area (Å²) in [6, 6.07) is 17.6. The van der Waals surface area contributed by atoms with E-state index in [2.05, 4.69) is 20.5 Å². The standard InChI is InChI=1S/C20H19N5O/c21-20-17-9-14(6-7-18(17)24-25-20)15-8-16(11-22-10-15)23-19(12-26)13-4-2-1-3-5-13/h1-11,19,23,26H,12H2,(H3,21,24,25). The second kappa shape index (κ2) is 6.85. The Bertz CT molecular complexity index is 1030. The van der Waals surface area contributed by atoms with Gasteiger partial charge in [-0.05, 0) is 29.3 Å². The molecule has 6 nitrogen and oxygen atoms in total. The molecule has 0 saturated carbocycles. The Morgan fingerprint density at radius 2 is 1.88 bits per heavy atom. The van der Waals surface area contributed by atoms with Crippen LogP contribution in [-0.4, -0.2) is 26.9 Å². The van der Waals surface area contributed by atoms with Crippen LogP contribution in [0.5, 0.6) is 0 Å². The fourth-order valence-corrected chi connectivity index (χ4v) is 3.01. The largest absolute Gasteiger partial charge is 0.394 e. The third kappa shape index (κ3) is 3.10. The molecule has 0 fully saturated rings. The molecule has 1 unspecified atom stereocenters. The van der Waals surface area contributed by atoms with Crippen molar-refractivity contribution in [1.29, 1.82) is 0 Å². The zero-order valence-electron chi connectivity index (χ0n) is 14.1. The number of nitrogens with two attached hydrogens (primary N) is 1. The van der Waals surface area contributed by atoms with Crippen LogP contribution >= 0.6 is 0 Å². The van der Waals surface area contributed by atoms with Gasteiger partial charge in [-0.3, -0.25) is 10.1 Å². The summed E-state index contributed by atoms with van der Waals surface area (Å²) in [5, 5.41) is 20.9. The highest BCUT2D eigenvalue weighted by molar-refractivity contribution is 5.92. The van der Waals surface area contributed by atoms with Crippen LogP contribution in [0.2, 0.25) is 0 Å². The number of aliphatic hydroxyl groups is 1. The first kappa shape index (κ1) is 16.1. The average Bonchev–Trinajstić information content (AvgIpc) is 3.07. The van der Waals surface area contributed by atoms with Crippen LogP contribution in [0.15, 0.2) is 67.0 Å². The Balaban J connectivity index is 1.64. The molecule has 2 heterocycles. The number of H-pyrrole nitrogens is 1. The van der Waals surface area contributed by atoms with Crippen LogP contribution in [0, 0.1) is 0 Å². The number of hydrogen-bond donors (Lipinski definition) is 4. The number of nitrogens with zero attached hydrogens (tertiary/aromatic N) is 2. The Morgan fingerprint density at radius 3 is 2.69 bits per heavy atom. The highest BCUT2D eigenvalue weighted by atomic mass is 16.3. The molecule has 5 N–H and O–H groups in total. The van der Waals surface area contributed by atoms with E-state index in [1.165, 1.54) is 0 Å². The van der Waals surface area contributed by atoms with Crippen molar-refractivity contribution in [3.8, 4) is 11.1 Å². The second-order valence-corrected chi connectivity index (χ2v) is 6.12. The van der Waals surface area contributed by atoms with Gasteiger partial charge in [0.1, 0.15) is 0 Å². The summed E-state index contributed by atoms with van der Waals surface area (Å²) in [5.74, 6) is 0.480. The van der Waals surface area contributed by atoms with E-state index in [1.54, 1.807) is 12.4 Å². The van der Waals surface area contributed by atoms with Gasteiger partial charge in [0.15, 0.2) is 5.82 Å². The third-order valence-electron chi connectivity index (χ3n) is 4.39. The molecule has 130 valence electrons. The number of rotatable bonds is 5. The fraction of sp³-hybridized carbons (Fsp3) is 0.100. The molecule has 0 aliphatic carbocycles. The molecule has 4 aromatic rings. The summed E-state index contributed by atoms with van der Waals surface area (Å²) in [6.07, 6.45) is 3.55. The van der Waals surface area contributed by atoms with Gasteiger partial charge in [-0.25, -0.2) is 0 Å². The number of aromatic amines is 1. The number of aromatic nitrogens is 3. The SMILES string of the molecule is Nc1n[nH]c2ccc(-c3cncc(NC(CO)c4ccccc4)c3)cc12. The minimum absolute atomic E-state index is 0.00818. The van der Waals surface area contributed by atoms with Gasteiger partial charge in [0.2, 0.25) is 0 Å². The molecular weight excluding hydrogens is 326 g/mol. The van der Waals surface area contributed by atoms with E-state index in [0.717, 1.165) is 33.3 Å². The third-order valence-corrected chi connectivity index (χ3v) is 4.39. The van der Waals surface area contributed by atoms with Gasteiger partial charge in [0.05, 0.1) is 23.9 Å². The molecule has 0 bridgehead atoms. The number of nitrogen functional groups attached to an aromatic ring is 1. The topological polar surface area (TPSA) is 99.9 Å². The number of pyridine rings is 1. The lowest BCUT2D eigenvalue weighted by atomic mass is 10.0. The molecule has 0 spiro atoms. The highest BCUT2D eigenvalue weighted by Crippen LogP contribution is 2.28. The van der Waals surface area contributed by atoms with Crippen LogP contribution in [-0.2, 0) is 0 Å². The number of nitrogens with one attached hydrogen (secondary N) is 2. The van der Waals surface area contributed by atoms with Gasteiger partial charge in [0.25, 0.3) is 0 Å². The molecule has 0 amide bonds. The zero-order chi connectivity index (χ0) is 17.9. The van der Waals surface area contributed by atoms with Gasteiger partial charge in [-0.1, -0.05) is 36.4 Å². The highest BCUT2D eigenvalue weighted by Gasteiger charge is 2.11. The smallest absolute Gasteiger partial charge is 0.153 e. The van der Waals surface area contributed by atoms with Crippen LogP contribution < -0.4 is 11.1 Å². The zero-order valence-corrected chi connectivity index (χ0v) is 14.1. The average molecular weight is 345 g/mol. The van der Waals surface area contributed by atoms with Crippen molar-refractivity contribution in [2.24, 2.45) is 0 Å². The lowest BCUT2D eigenvalue weighted by Gasteiger charge is -2.18. The molecular formula is C20H19N5O. The molecule has 26 heavy (non-hydrogen) atoms. The summed E-state index contributed by atoms with van der Waals surface area (Å²) in [6.45, 7) is -0.00818. The van der Waals surface area contributed by atoms with E-state index in [1.807, 2.05) is 54.6 Å². The minimum atomic E-state index is -0.194. The van der Waals surface area contributed by atoms with Crippen LogP contribution in [0.3, 0.4) is 0 Å². The molecule has 0 aliphatic rings. The van der Waals surface area contributed by atoms with E-state index < -0.39 is 0 Å². The quantitative estimate of drug-likeness (QED) is 0.444. The lowest BCUT2D eigenvalue weighted by Crippen LogP contribution is -2.14. The molecule has 0 aliphatic heterocycles. The van der Waals surface area contributed by atoms with Gasteiger partial charge in [-0.2, -0.15) is 5.10 Å². The van der Waals surface area contributed by atoms with Crippen molar-refractivity contribution >= 4 is 22.4 Å². The summed E-state index contributed by atoms with van der Waals surface area (Å²) < 4.78 is 0. The number of hydrogen-bond acceptors (Lipinski definition) is 5. The number of fused-ring (bicyclic) bond motifs is 1. The van der Waals surface area contributed by atoms with Crippen molar-refractivity contribution in [1.82, 2.24) is 15.2 Å². The van der Waals surface area contributed by atoms with Crippen molar-refractivity contribution in [3.05, 3.63) is 72.6 Å². The Morgan fingerprint density at radius 1 is 1.04 bits per heavy atom. The van der Waals surface area contributed by atoms with E-state index >= 15 is 0 Å². The summed E-state index contributed by atoms with van der Waals surface area (Å²) >= 11 is 0. The summed E-state index contributed by atoms with van der Waals surface area (Å²) in [7, 11) is 0. The maximum atomic E-state index is 9.75. The first-order valence-corrected chi connectivity index (χ1v) is 8.36. The first-order valence-electron chi connectivity index (χ1n) is 8.36. The molecule has 6 heteroatoms. The first-order chi connectivity index (χ1) is 12.7. The normalized spacial score (nSPS) is 12.2. The van der Waals surface area contributed by atoms with Crippen molar-refractivity contribution in [3.63, 3.8) is 0 Å². The maximum Gasteiger partial charge on any atom is 0.153 e. The van der Waals surface area contributed by atoms with Crippen LogP contribution in [0.1, 0.15) is 11.6 Å². The minimum Gasteiger partial charge on any atom is -0.394 e. The number of aliphatic hydroxyl groups excluding tert-OH is 1. The van der Waals surface area contributed by atoms with Gasteiger partial charge >= 0.3 is 0 Å². The molecule has 4 rings (SSSR count). The Kier molecular flexibility index (Phi) is 4.25. The van der Waals surface area contributed by atoms with Crippen LogP contribution in [0.25, 0.3) is 22.0 Å².